The van der Waals surface area contributed by atoms with E-state index >= 15 is 0 Å². The van der Waals surface area contributed by atoms with Gasteiger partial charge in [-0.15, -0.1) is 0 Å². The van der Waals surface area contributed by atoms with E-state index in [1.807, 2.05) is 48.7 Å². The molecule has 2 fully saturated rings. The lowest BCUT2D eigenvalue weighted by molar-refractivity contribution is -0.131. The maximum atomic E-state index is 13.5. The fourth-order valence-electron chi connectivity index (χ4n) is 4.77. The molecule has 2 aliphatic heterocycles. The molecule has 0 unspecified atom stereocenters. The number of benzene rings is 3. The van der Waals surface area contributed by atoms with Crippen LogP contribution in [0.4, 0.5) is 0 Å². The fraction of sp³-hybridized carbons (Fsp3) is 0.290. The third kappa shape index (κ3) is 6.85. The maximum absolute atomic E-state index is 13.5. The van der Waals surface area contributed by atoms with Crippen LogP contribution in [0.1, 0.15) is 16.7 Å². The Labute approximate surface area is 229 Å². The van der Waals surface area contributed by atoms with E-state index in [9.17, 15) is 9.59 Å². The summed E-state index contributed by atoms with van der Waals surface area (Å²) in [4.78, 5) is 31.6. The van der Waals surface area contributed by atoms with E-state index < -0.39 is 0 Å². The van der Waals surface area contributed by atoms with Crippen molar-refractivity contribution < 1.29 is 9.59 Å². The van der Waals surface area contributed by atoms with Crippen LogP contribution < -0.4 is 0 Å². The van der Waals surface area contributed by atoms with Gasteiger partial charge >= 0.3 is 0 Å². The van der Waals surface area contributed by atoms with Crippen molar-refractivity contribution in [1.29, 1.82) is 0 Å². The smallest absolute Gasteiger partial charge is 0.272 e. The van der Waals surface area contributed by atoms with Gasteiger partial charge in [-0.05, 0) is 29.5 Å². The monoisotopic (exact) mass is 526 g/mol. The second kappa shape index (κ2) is 12.8. The van der Waals surface area contributed by atoms with Gasteiger partial charge in [-0.1, -0.05) is 91.0 Å². The van der Waals surface area contributed by atoms with Crippen LogP contribution in [-0.4, -0.2) is 69.5 Å². The first-order chi connectivity index (χ1) is 18.7. The van der Waals surface area contributed by atoms with Crippen LogP contribution in [0.15, 0.2) is 103 Å². The number of nitrogens with zero attached hydrogens (tertiary/aromatic N) is 4. The molecule has 0 radical (unpaired) electrons. The molecule has 2 aliphatic rings. The molecule has 0 atom stereocenters. The Bertz CT molecular complexity index is 1170. The first-order valence-electron chi connectivity index (χ1n) is 13.3. The lowest BCUT2D eigenvalue weighted by Gasteiger charge is -2.37. The van der Waals surface area contributed by atoms with Crippen LogP contribution >= 0.6 is 12.1 Å². The van der Waals surface area contributed by atoms with Crippen molar-refractivity contribution in [2.24, 2.45) is 0 Å². The van der Waals surface area contributed by atoms with Crippen LogP contribution in [0.3, 0.4) is 0 Å². The van der Waals surface area contributed by atoms with E-state index in [0.29, 0.717) is 13.1 Å². The van der Waals surface area contributed by atoms with Crippen molar-refractivity contribution >= 4 is 23.9 Å². The van der Waals surface area contributed by atoms with E-state index in [0.717, 1.165) is 45.6 Å². The predicted molar refractivity (Wildman–Crippen MR) is 153 cm³/mol. The largest absolute Gasteiger partial charge is 0.374 e. The molecule has 0 spiro atoms. The summed E-state index contributed by atoms with van der Waals surface area (Å²) in [6, 6.07) is 30.8. The molecule has 196 valence electrons. The van der Waals surface area contributed by atoms with Crippen molar-refractivity contribution in [2.75, 3.05) is 39.3 Å². The quantitative estimate of drug-likeness (QED) is 0.235. The molecule has 0 N–H and O–H groups in total. The molecule has 3 aromatic carbocycles. The van der Waals surface area contributed by atoms with Gasteiger partial charge in [0.1, 0.15) is 5.57 Å². The summed E-state index contributed by atoms with van der Waals surface area (Å²) < 4.78 is 3.49. The third-order valence-electron chi connectivity index (χ3n) is 6.97. The molecule has 6 nitrogen and oxygen atoms in total. The summed E-state index contributed by atoms with van der Waals surface area (Å²) in [5.74, 6) is -0.391. The van der Waals surface area contributed by atoms with Crippen molar-refractivity contribution in [3.63, 3.8) is 0 Å². The number of amides is 2. The minimum absolute atomic E-state index is 0.196. The highest BCUT2D eigenvalue weighted by molar-refractivity contribution is 7.96. The molecule has 2 heterocycles. The van der Waals surface area contributed by atoms with Gasteiger partial charge in [-0.25, -0.2) is 0 Å². The first-order valence-corrected chi connectivity index (χ1v) is 14.0. The Kier molecular flexibility index (Phi) is 8.78. The van der Waals surface area contributed by atoms with E-state index in [4.69, 9.17) is 0 Å². The first kappa shape index (κ1) is 26.1. The van der Waals surface area contributed by atoms with Gasteiger partial charge in [0.15, 0.2) is 0 Å². The summed E-state index contributed by atoms with van der Waals surface area (Å²) in [6.45, 7) is 5.38. The van der Waals surface area contributed by atoms with Gasteiger partial charge in [0, 0.05) is 52.0 Å². The van der Waals surface area contributed by atoms with Gasteiger partial charge < -0.3 is 4.90 Å². The van der Waals surface area contributed by atoms with Crippen LogP contribution in [0.5, 0.6) is 0 Å². The standard InChI is InChI=1S/C31H34N4O2S/c36-30-29(25-33-22-20-32(21-23-33)24-28-14-8-3-9-15-28)31(37)35(19-17-27-12-6-2-7-13-27)38-34(30)18-16-26-10-4-1-5-11-26/h1-15,25H,16-24H2. The van der Waals surface area contributed by atoms with Crippen LogP contribution in [-0.2, 0) is 29.0 Å². The van der Waals surface area contributed by atoms with Crippen molar-refractivity contribution in [3.8, 4) is 0 Å². The van der Waals surface area contributed by atoms with Gasteiger partial charge in [0.2, 0.25) is 0 Å². The Morgan fingerprint density at radius 3 is 1.53 bits per heavy atom. The molecular weight excluding hydrogens is 492 g/mol. The maximum Gasteiger partial charge on any atom is 0.272 e. The summed E-state index contributed by atoms with van der Waals surface area (Å²) in [5, 5.41) is 0. The molecule has 0 aliphatic carbocycles. The Morgan fingerprint density at radius 1 is 0.605 bits per heavy atom. The molecule has 0 saturated carbocycles. The highest BCUT2D eigenvalue weighted by atomic mass is 32.2. The summed E-state index contributed by atoms with van der Waals surface area (Å²) in [5.41, 5.74) is 3.92. The molecule has 5 rings (SSSR count). The molecular formula is C31H34N4O2S. The summed E-state index contributed by atoms with van der Waals surface area (Å²) in [6.07, 6.45) is 3.30. The molecule has 7 heteroatoms. The predicted octanol–water partition coefficient (Wildman–Crippen LogP) is 4.41. The topological polar surface area (TPSA) is 47.1 Å². The average Bonchev–Trinajstić information content (AvgIpc) is 2.97. The van der Waals surface area contributed by atoms with Crippen LogP contribution in [0.25, 0.3) is 0 Å². The number of carbonyl (C=O) groups is 2. The van der Waals surface area contributed by atoms with E-state index in [-0.39, 0.29) is 17.4 Å². The molecule has 2 amide bonds. The zero-order chi connectivity index (χ0) is 26.2. The molecule has 0 bridgehead atoms. The molecule has 0 aromatic heterocycles. The van der Waals surface area contributed by atoms with Gasteiger partial charge in [-0.3, -0.25) is 23.1 Å². The minimum atomic E-state index is -0.196. The number of piperazine rings is 1. The second-order valence-corrected chi connectivity index (χ2v) is 10.8. The molecule has 3 aromatic rings. The third-order valence-corrected chi connectivity index (χ3v) is 8.06. The highest BCUT2D eigenvalue weighted by Crippen LogP contribution is 2.29. The Balaban J connectivity index is 1.26. The highest BCUT2D eigenvalue weighted by Gasteiger charge is 2.37. The second-order valence-electron chi connectivity index (χ2n) is 9.71. The Hall–Kier alpha value is -3.55. The number of carbonyl (C=O) groups excluding carboxylic acids is 2. The van der Waals surface area contributed by atoms with Crippen molar-refractivity contribution in [1.82, 2.24) is 18.4 Å². The fourth-order valence-corrected chi connectivity index (χ4v) is 5.70. The molecule has 38 heavy (non-hydrogen) atoms. The minimum Gasteiger partial charge on any atom is -0.374 e. The van der Waals surface area contributed by atoms with Crippen molar-refractivity contribution in [2.45, 2.75) is 19.4 Å². The lowest BCUT2D eigenvalue weighted by atomic mass is 10.1. The van der Waals surface area contributed by atoms with Gasteiger partial charge in [0.05, 0.1) is 12.1 Å². The van der Waals surface area contributed by atoms with E-state index in [2.05, 4.69) is 58.3 Å². The lowest BCUT2D eigenvalue weighted by Crippen LogP contribution is -2.47. The number of hydrogen-bond acceptors (Lipinski definition) is 5. The summed E-state index contributed by atoms with van der Waals surface area (Å²) >= 11 is 1.25. The number of hydrogen-bond donors (Lipinski definition) is 0. The zero-order valence-electron chi connectivity index (χ0n) is 21.6. The number of rotatable bonds is 9. The average molecular weight is 527 g/mol. The normalized spacial score (nSPS) is 16.7. The van der Waals surface area contributed by atoms with Crippen molar-refractivity contribution in [3.05, 3.63) is 119 Å². The van der Waals surface area contributed by atoms with E-state index in [1.54, 1.807) is 8.61 Å². The molecule has 2 saturated heterocycles. The van der Waals surface area contributed by atoms with Gasteiger partial charge in [-0.2, -0.15) is 0 Å². The van der Waals surface area contributed by atoms with Crippen LogP contribution in [0, 0.1) is 0 Å². The zero-order valence-corrected chi connectivity index (χ0v) is 22.4. The SMILES string of the molecule is O=C1C(=CN2CCN(Cc3ccccc3)CC2)C(=O)N(CCc2ccccc2)SN1CCc1ccccc1. The van der Waals surface area contributed by atoms with Gasteiger partial charge in [0.25, 0.3) is 11.8 Å². The summed E-state index contributed by atoms with van der Waals surface area (Å²) in [7, 11) is 0. The van der Waals surface area contributed by atoms with E-state index in [1.165, 1.54) is 28.8 Å². The Morgan fingerprint density at radius 2 is 1.05 bits per heavy atom. The van der Waals surface area contributed by atoms with Crippen LogP contribution in [0.2, 0.25) is 0 Å².